The highest BCUT2D eigenvalue weighted by molar-refractivity contribution is 5.57. The Morgan fingerprint density at radius 1 is 1.14 bits per heavy atom. The van der Waals surface area contributed by atoms with E-state index in [2.05, 4.69) is 31.9 Å². The molecule has 0 unspecified atom stereocenters. The summed E-state index contributed by atoms with van der Waals surface area (Å²) in [4.78, 5) is 4.41. The smallest absolute Gasteiger partial charge is 0.244 e. The van der Waals surface area contributed by atoms with Crippen LogP contribution < -0.4 is 10.6 Å². The highest BCUT2D eigenvalue weighted by Crippen LogP contribution is 2.21. The Bertz CT molecular complexity index is 640. The number of nitriles is 1. The molecule has 1 saturated carbocycles. The van der Waals surface area contributed by atoms with Crippen LogP contribution >= 0.6 is 0 Å². The van der Waals surface area contributed by atoms with Crippen molar-refractivity contribution in [3.63, 3.8) is 0 Å². The van der Waals surface area contributed by atoms with Gasteiger partial charge in [0.2, 0.25) is 5.95 Å². The molecule has 1 aromatic heterocycles. The normalized spacial score (nSPS) is 14.6. The summed E-state index contributed by atoms with van der Waals surface area (Å²) in [5, 5.41) is 23.2. The fourth-order valence-electron chi connectivity index (χ4n) is 2.45. The highest BCUT2D eigenvalue weighted by Gasteiger charge is 2.15. The fourth-order valence-corrected chi connectivity index (χ4v) is 2.45. The number of nitrogens with one attached hydrogen (secondary N) is 2. The fraction of sp³-hybridized carbons (Fsp3) is 0.333. The molecule has 1 aliphatic rings. The van der Waals surface area contributed by atoms with E-state index in [1.165, 1.54) is 12.8 Å². The van der Waals surface area contributed by atoms with Gasteiger partial charge in [0.1, 0.15) is 0 Å². The van der Waals surface area contributed by atoms with E-state index in [9.17, 15) is 0 Å². The lowest BCUT2D eigenvalue weighted by atomic mass is 10.2. The summed E-state index contributed by atoms with van der Waals surface area (Å²) >= 11 is 0. The first-order valence-electron chi connectivity index (χ1n) is 7.07. The Hall–Kier alpha value is -2.68. The van der Waals surface area contributed by atoms with Gasteiger partial charge in [-0.25, -0.2) is 0 Å². The van der Waals surface area contributed by atoms with Crippen LogP contribution in [0.15, 0.2) is 30.5 Å². The predicted molar refractivity (Wildman–Crippen MR) is 80.1 cm³/mol. The monoisotopic (exact) mass is 280 g/mol. The van der Waals surface area contributed by atoms with Crippen molar-refractivity contribution in [2.24, 2.45) is 0 Å². The van der Waals surface area contributed by atoms with Gasteiger partial charge in [0.25, 0.3) is 0 Å². The maximum atomic E-state index is 8.78. The minimum Gasteiger partial charge on any atom is -0.350 e. The van der Waals surface area contributed by atoms with Crippen molar-refractivity contribution in [1.82, 2.24) is 15.2 Å². The van der Waals surface area contributed by atoms with Crippen LogP contribution in [-0.4, -0.2) is 21.2 Å². The van der Waals surface area contributed by atoms with Gasteiger partial charge in [-0.05, 0) is 37.1 Å². The van der Waals surface area contributed by atoms with Crippen molar-refractivity contribution in [2.45, 2.75) is 31.7 Å². The second-order valence-corrected chi connectivity index (χ2v) is 5.11. The lowest BCUT2D eigenvalue weighted by Gasteiger charge is -2.12. The molecular formula is C15H16N6. The van der Waals surface area contributed by atoms with Crippen LogP contribution in [0, 0.1) is 11.3 Å². The molecule has 0 aliphatic heterocycles. The van der Waals surface area contributed by atoms with Gasteiger partial charge in [-0.1, -0.05) is 12.8 Å². The van der Waals surface area contributed by atoms with Crippen molar-refractivity contribution >= 4 is 17.5 Å². The molecule has 6 nitrogen and oxygen atoms in total. The summed E-state index contributed by atoms with van der Waals surface area (Å²) in [6.07, 6.45) is 6.42. The summed E-state index contributed by atoms with van der Waals surface area (Å²) in [7, 11) is 0. The van der Waals surface area contributed by atoms with E-state index < -0.39 is 0 Å². The van der Waals surface area contributed by atoms with Crippen LogP contribution in [-0.2, 0) is 0 Å². The van der Waals surface area contributed by atoms with Crippen LogP contribution in [0.2, 0.25) is 0 Å². The van der Waals surface area contributed by atoms with E-state index in [0.717, 1.165) is 18.5 Å². The summed E-state index contributed by atoms with van der Waals surface area (Å²) in [6, 6.07) is 9.74. The van der Waals surface area contributed by atoms with E-state index in [4.69, 9.17) is 5.26 Å². The first-order valence-corrected chi connectivity index (χ1v) is 7.07. The van der Waals surface area contributed by atoms with Crippen LogP contribution in [0.3, 0.4) is 0 Å². The standard InChI is InChI=1S/C15H16N6/c16-9-11-5-7-13(8-6-11)18-14-10-17-21-15(20-14)19-12-3-1-2-4-12/h5-8,10,12H,1-4H2,(H2,18,19,20,21). The second kappa shape index (κ2) is 6.18. The third-order valence-corrected chi connectivity index (χ3v) is 3.53. The van der Waals surface area contributed by atoms with Crippen LogP contribution in [0.5, 0.6) is 0 Å². The van der Waals surface area contributed by atoms with Gasteiger partial charge >= 0.3 is 0 Å². The summed E-state index contributed by atoms with van der Waals surface area (Å²) in [6.45, 7) is 0. The third kappa shape index (κ3) is 3.45. The molecule has 0 bridgehead atoms. The quantitative estimate of drug-likeness (QED) is 0.895. The number of hydrogen-bond acceptors (Lipinski definition) is 6. The molecule has 1 aliphatic carbocycles. The number of anilines is 3. The van der Waals surface area contributed by atoms with Gasteiger partial charge in [-0.2, -0.15) is 15.3 Å². The molecule has 2 N–H and O–H groups in total. The summed E-state index contributed by atoms with van der Waals surface area (Å²) in [5.74, 6) is 1.19. The Morgan fingerprint density at radius 3 is 2.62 bits per heavy atom. The largest absolute Gasteiger partial charge is 0.350 e. The lowest BCUT2D eigenvalue weighted by Crippen LogP contribution is -2.17. The van der Waals surface area contributed by atoms with Gasteiger partial charge in [-0.3, -0.25) is 0 Å². The molecule has 1 aromatic carbocycles. The number of hydrogen-bond donors (Lipinski definition) is 2. The Balaban J connectivity index is 1.68. The molecule has 0 atom stereocenters. The van der Waals surface area contributed by atoms with Gasteiger partial charge in [0.15, 0.2) is 5.82 Å². The Morgan fingerprint density at radius 2 is 1.90 bits per heavy atom. The molecule has 0 radical (unpaired) electrons. The molecule has 2 aromatic rings. The zero-order valence-corrected chi connectivity index (χ0v) is 11.6. The zero-order valence-electron chi connectivity index (χ0n) is 11.6. The van der Waals surface area contributed by atoms with E-state index in [0.29, 0.717) is 23.4 Å². The molecule has 21 heavy (non-hydrogen) atoms. The first-order chi connectivity index (χ1) is 10.3. The molecule has 0 spiro atoms. The maximum absolute atomic E-state index is 8.78. The second-order valence-electron chi connectivity index (χ2n) is 5.11. The van der Waals surface area contributed by atoms with Crippen molar-refractivity contribution in [3.8, 4) is 6.07 Å². The molecular weight excluding hydrogens is 264 g/mol. The zero-order chi connectivity index (χ0) is 14.5. The number of rotatable bonds is 4. The molecule has 1 heterocycles. The molecule has 0 saturated heterocycles. The maximum Gasteiger partial charge on any atom is 0.244 e. The minimum atomic E-state index is 0.456. The first kappa shape index (κ1) is 13.3. The van der Waals surface area contributed by atoms with E-state index >= 15 is 0 Å². The van der Waals surface area contributed by atoms with Crippen LogP contribution in [0.1, 0.15) is 31.2 Å². The number of aromatic nitrogens is 3. The van der Waals surface area contributed by atoms with Gasteiger partial charge in [-0.15, -0.1) is 5.10 Å². The SMILES string of the molecule is N#Cc1ccc(Nc2cnnc(NC3CCCC3)n2)cc1. The topological polar surface area (TPSA) is 86.5 Å². The van der Waals surface area contributed by atoms with Gasteiger partial charge in [0, 0.05) is 11.7 Å². The summed E-state index contributed by atoms with van der Waals surface area (Å²) in [5.41, 5.74) is 1.49. The molecule has 0 amide bonds. The predicted octanol–water partition coefficient (Wildman–Crippen LogP) is 2.84. The molecule has 6 heteroatoms. The molecule has 1 fully saturated rings. The highest BCUT2D eigenvalue weighted by atomic mass is 15.3. The molecule has 106 valence electrons. The number of benzene rings is 1. The van der Waals surface area contributed by atoms with Crippen molar-refractivity contribution in [2.75, 3.05) is 10.6 Å². The Labute approximate surface area is 123 Å². The van der Waals surface area contributed by atoms with E-state index in [1.54, 1.807) is 18.3 Å². The summed E-state index contributed by atoms with van der Waals surface area (Å²) < 4.78 is 0. The van der Waals surface area contributed by atoms with Crippen LogP contribution in [0.4, 0.5) is 17.5 Å². The van der Waals surface area contributed by atoms with Gasteiger partial charge in [0.05, 0.1) is 17.8 Å². The van der Waals surface area contributed by atoms with Crippen molar-refractivity contribution in [3.05, 3.63) is 36.0 Å². The third-order valence-electron chi connectivity index (χ3n) is 3.53. The van der Waals surface area contributed by atoms with Crippen LogP contribution in [0.25, 0.3) is 0 Å². The average Bonchev–Trinajstić information content (AvgIpc) is 3.01. The molecule has 3 rings (SSSR count). The van der Waals surface area contributed by atoms with Crippen molar-refractivity contribution < 1.29 is 0 Å². The number of nitrogens with zero attached hydrogens (tertiary/aromatic N) is 4. The Kier molecular flexibility index (Phi) is 3.92. The van der Waals surface area contributed by atoms with E-state index in [1.807, 2.05) is 12.1 Å². The van der Waals surface area contributed by atoms with Crippen molar-refractivity contribution in [1.29, 1.82) is 5.26 Å². The van der Waals surface area contributed by atoms with Gasteiger partial charge < -0.3 is 10.6 Å². The lowest BCUT2D eigenvalue weighted by molar-refractivity contribution is 0.738. The minimum absolute atomic E-state index is 0.456. The van der Waals surface area contributed by atoms with E-state index in [-0.39, 0.29) is 0 Å². The average molecular weight is 280 g/mol.